The van der Waals surface area contributed by atoms with E-state index in [-0.39, 0.29) is 0 Å². The average Bonchev–Trinajstić information content (AvgIpc) is 2.90. The molecule has 178 valence electrons. The first-order chi connectivity index (χ1) is 15.3. The van der Waals surface area contributed by atoms with Crippen LogP contribution in [0, 0.1) is 20.8 Å². The van der Waals surface area contributed by atoms with Gasteiger partial charge in [0.25, 0.3) is 0 Å². The SMILES string of the molecule is COC1(OCCOCn2c(C)nc(C(C)C)c2Sc2cc(C)cc(C)c2)CCCCCC1. The summed E-state index contributed by atoms with van der Waals surface area (Å²) in [6, 6.07) is 6.68. The van der Waals surface area contributed by atoms with Gasteiger partial charge in [0.1, 0.15) is 17.6 Å². The number of methoxy groups -OCH3 is 1. The number of benzene rings is 1. The molecule has 5 nitrogen and oxygen atoms in total. The monoisotopic (exact) mass is 460 g/mol. The second-order valence-corrected chi connectivity index (χ2v) is 10.3. The highest BCUT2D eigenvalue weighted by molar-refractivity contribution is 7.99. The largest absolute Gasteiger partial charge is 0.358 e. The Kier molecular flexibility index (Phi) is 9.23. The van der Waals surface area contributed by atoms with Crippen molar-refractivity contribution in [2.45, 2.75) is 102 Å². The summed E-state index contributed by atoms with van der Waals surface area (Å²) in [5.41, 5.74) is 3.68. The van der Waals surface area contributed by atoms with E-state index in [1.165, 1.54) is 46.7 Å². The van der Waals surface area contributed by atoms with E-state index in [1.807, 2.05) is 0 Å². The van der Waals surface area contributed by atoms with Crippen molar-refractivity contribution < 1.29 is 14.2 Å². The second kappa shape index (κ2) is 11.7. The van der Waals surface area contributed by atoms with E-state index in [4.69, 9.17) is 19.2 Å². The molecule has 0 spiro atoms. The van der Waals surface area contributed by atoms with Crippen LogP contribution in [0.5, 0.6) is 0 Å². The van der Waals surface area contributed by atoms with Crippen molar-refractivity contribution in [3.8, 4) is 0 Å². The molecule has 3 rings (SSSR count). The van der Waals surface area contributed by atoms with Gasteiger partial charge in [-0.2, -0.15) is 0 Å². The normalized spacial score (nSPS) is 16.5. The fourth-order valence-corrected chi connectivity index (χ4v) is 5.82. The summed E-state index contributed by atoms with van der Waals surface area (Å²) in [5.74, 6) is 0.904. The van der Waals surface area contributed by atoms with E-state index >= 15 is 0 Å². The van der Waals surface area contributed by atoms with Gasteiger partial charge >= 0.3 is 0 Å². The lowest BCUT2D eigenvalue weighted by Crippen LogP contribution is -2.35. The van der Waals surface area contributed by atoms with Crippen LogP contribution < -0.4 is 0 Å². The van der Waals surface area contributed by atoms with E-state index in [9.17, 15) is 0 Å². The number of hydrogen-bond acceptors (Lipinski definition) is 5. The fourth-order valence-electron chi connectivity index (χ4n) is 4.42. The van der Waals surface area contributed by atoms with Crippen molar-refractivity contribution in [1.29, 1.82) is 0 Å². The van der Waals surface area contributed by atoms with Gasteiger partial charge in [-0.1, -0.05) is 44.5 Å². The van der Waals surface area contributed by atoms with Gasteiger partial charge in [0.15, 0.2) is 5.79 Å². The average molecular weight is 461 g/mol. The highest BCUT2D eigenvalue weighted by atomic mass is 32.2. The van der Waals surface area contributed by atoms with Crippen molar-refractivity contribution in [1.82, 2.24) is 9.55 Å². The van der Waals surface area contributed by atoms with Crippen molar-refractivity contribution in [2.75, 3.05) is 20.3 Å². The first kappa shape index (κ1) is 25.3. The Balaban J connectivity index is 1.64. The van der Waals surface area contributed by atoms with E-state index in [2.05, 4.69) is 57.4 Å². The molecular formula is C26H40N2O3S. The zero-order valence-electron chi connectivity index (χ0n) is 20.7. The minimum Gasteiger partial charge on any atom is -0.358 e. The van der Waals surface area contributed by atoms with Gasteiger partial charge in [-0.15, -0.1) is 0 Å². The van der Waals surface area contributed by atoms with Crippen LogP contribution in [0.4, 0.5) is 0 Å². The maximum atomic E-state index is 6.19. The van der Waals surface area contributed by atoms with Gasteiger partial charge in [0.05, 0.1) is 18.9 Å². The lowest BCUT2D eigenvalue weighted by molar-refractivity contribution is -0.235. The standard InChI is InChI=1S/C26H40N2O3S/c1-19(2)24-25(32-23-16-20(3)15-21(4)17-23)28(22(5)27-24)18-30-13-14-31-26(29-6)11-9-7-8-10-12-26/h15-17,19H,7-14,18H2,1-6H3. The molecule has 1 aromatic heterocycles. The Morgan fingerprint density at radius 1 is 1.00 bits per heavy atom. The van der Waals surface area contributed by atoms with Crippen LogP contribution in [-0.4, -0.2) is 35.7 Å². The highest BCUT2D eigenvalue weighted by Crippen LogP contribution is 2.36. The van der Waals surface area contributed by atoms with E-state index in [1.54, 1.807) is 18.9 Å². The van der Waals surface area contributed by atoms with E-state index < -0.39 is 5.79 Å². The van der Waals surface area contributed by atoms with Gasteiger partial charge in [-0.05, 0) is 62.8 Å². The number of hydrogen-bond donors (Lipinski definition) is 0. The molecule has 1 heterocycles. The first-order valence-electron chi connectivity index (χ1n) is 11.9. The summed E-state index contributed by atoms with van der Waals surface area (Å²) < 4.78 is 20.2. The summed E-state index contributed by atoms with van der Waals surface area (Å²) >= 11 is 1.78. The predicted molar refractivity (Wildman–Crippen MR) is 130 cm³/mol. The van der Waals surface area contributed by atoms with E-state index in [0.717, 1.165) is 24.4 Å². The third-order valence-electron chi connectivity index (χ3n) is 6.14. The summed E-state index contributed by atoms with van der Waals surface area (Å²) in [4.78, 5) is 6.11. The number of rotatable bonds is 10. The molecule has 6 heteroatoms. The molecule has 0 amide bonds. The third kappa shape index (κ3) is 6.60. The molecule has 0 atom stereocenters. The lowest BCUT2D eigenvalue weighted by atomic mass is 10.1. The Morgan fingerprint density at radius 2 is 1.66 bits per heavy atom. The first-order valence-corrected chi connectivity index (χ1v) is 12.8. The molecule has 1 aromatic carbocycles. The predicted octanol–water partition coefficient (Wildman–Crippen LogP) is 6.77. The number of nitrogens with zero attached hydrogens (tertiary/aromatic N) is 2. The van der Waals surface area contributed by atoms with Crippen LogP contribution in [0.25, 0.3) is 0 Å². The zero-order chi connectivity index (χ0) is 23.1. The Labute approximate surface area is 198 Å². The number of ether oxygens (including phenoxy) is 3. The summed E-state index contributed by atoms with van der Waals surface area (Å²) in [7, 11) is 1.77. The van der Waals surface area contributed by atoms with Crippen LogP contribution in [0.2, 0.25) is 0 Å². The molecule has 0 radical (unpaired) electrons. The number of aromatic nitrogens is 2. The molecule has 0 N–H and O–H groups in total. The zero-order valence-corrected chi connectivity index (χ0v) is 21.5. The maximum absolute atomic E-state index is 6.19. The molecule has 1 saturated carbocycles. The van der Waals surface area contributed by atoms with Gasteiger partial charge in [-0.3, -0.25) is 4.57 Å². The van der Waals surface area contributed by atoms with Crippen LogP contribution >= 0.6 is 11.8 Å². The maximum Gasteiger partial charge on any atom is 0.168 e. The van der Waals surface area contributed by atoms with Gasteiger partial charge in [0.2, 0.25) is 0 Å². The van der Waals surface area contributed by atoms with Crippen molar-refractivity contribution in [3.63, 3.8) is 0 Å². The Hall–Kier alpha value is -1.34. The molecule has 0 unspecified atom stereocenters. The highest BCUT2D eigenvalue weighted by Gasteiger charge is 2.31. The van der Waals surface area contributed by atoms with Crippen LogP contribution in [0.3, 0.4) is 0 Å². The van der Waals surface area contributed by atoms with Crippen molar-refractivity contribution in [3.05, 3.63) is 40.8 Å². The molecule has 2 aromatic rings. The van der Waals surface area contributed by atoms with Crippen LogP contribution in [0.1, 0.15) is 80.9 Å². The smallest absolute Gasteiger partial charge is 0.168 e. The molecule has 1 aliphatic carbocycles. The summed E-state index contributed by atoms with van der Waals surface area (Å²) in [5, 5.41) is 1.17. The molecule has 0 saturated heterocycles. The number of aryl methyl sites for hydroxylation is 3. The van der Waals surface area contributed by atoms with Crippen LogP contribution in [-0.2, 0) is 20.9 Å². The Morgan fingerprint density at radius 3 is 2.25 bits per heavy atom. The molecule has 0 aliphatic heterocycles. The molecule has 1 aliphatic rings. The minimum absolute atomic E-state index is 0.350. The minimum atomic E-state index is -0.431. The quantitative estimate of drug-likeness (QED) is 0.222. The van der Waals surface area contributed by atoms with E-state index in [0.29, 0.717) is 25.9 Å². The summed E-state index contributed by atoms with van der Waals surface area (Å²) in [6.45, 7) is 12.3. The molecular weight excluding hydrogens is 420 g/mol. The van der Waals surface area contributed by atoms with Gasteiger partial charge in [0, 0.05) is 24.8 Å². The van der Waals surface area contributed by atoms with Crippen LogP contribution in [0.15, 0.2) is 28.1 Å². The lowest BCUT2D eigenvalue weighted by Gasteiger charge is -2.31. The van der Waals surface area contributed by atoms with Gasteiger partial charge < -0.3 is 14.2 Å². The topological polar surface area (TPSA) is 45.5 Å². The Bertz CT molecular complexity index is 850. The molecule has 0 bridgehead atoms. The fraction of sp³-hybridized carbons (Fsp3) is 0.654. The van der Waals surface area contributed by atoms with Crippen molar-refractivity contribution >= 4 is 11.8 Å². The van der Waals surface area contributed by atoms with Gasteiger partial charge in [-0.25, -0.2) is 4.98 Å². The number of imidazole rings is 1. The summed E-state index contributed by atoms with van der Waals surface area (Å²) in [6.07, 6.45) is 6.81. The third-order valence-corrected chi connectivity index (χ3v) is 7.24. The molecule has 32 heavy (non-hydrogen) atoms. The molecule has 1 fully saturated rings. The van der Waals surface area contributed by atoms with Crippen molar-refractivity contribution in [2.24, 2.45) is 0 Å². The second-order valence-electron chi connectivity index (χ2n) is 9.27.